The number of rotatable bonds is 4. The molecule has 0 bridgehead atoms. The highest BCUT2D eigenvalue weighted by Crippen LogP contribution is 2.40. The molecule has 0 saturated carbocycles. The molecule has 1 heterocycles. The van der Waals surface area contributed by atoms with Crippen LogP contribution in [-0.2, 0) is 10.0 Å². The van der Waals surface area contributed by atoms with Crippen LogP contribution >= 0.6 is 0 Å². The standard InChI is InChI=1S/C19H16N2O4S/c1-2-21-16-10-11-17(14-4-3-5-15(18(14)16)19(21)23)26(24,25)20-12-6-8-13(22)9-7-12/h3-11,20,22H,2H2,1H3. The number of phenols is 1. The maximum absolute atomic E-state index is 12.9. The fraction of sp³-hybridized carbons (Fsp3) is 0.105. The van der Waals surface area contributed by atoms with E-state index in [-0.39, 0.29) is 16.6 Å². The Bertz CT molecular complexity index is 1140. The van der Waals surface area contributed by atoms with Gasteiger partial charge in [-0.25, -0.2) is 8.42 Å². The number of nitrogens with zero attached hydrogens (tertiary/aromatic N) is 1. The normalized spacial score (nSPS) is 13.4. The van der Waals surface area contributed by atoms with E-state index in [1.54, 1.807) is 29.2 Å². The lowest BCUT2D eigenvalue weighted by Gasteiger charge is -2.16. The first-order valence-corrected chi connectivity index (χ1v) is 9.60. The summed E-state index contributed by atoms with van der Waals surface area (Å²) < 4.78 is 28.3. The summed E-state index contributed by atoms with van der Waals surface area (Å²) in [7, 11) is -3.86. The molecule has 0 unspecified atom stereocenters. The highest BCUT2D eigenvalue weighted by atomic mass is 32.2. The van der Waals surface area contributed by atoms with Gasteiger partial charge < -0.3 is 10.0 Å². The number of amides is 1. The topological polar surface area (TPSA) is 86.7 Å². The number of aromatic hydroxyl groups is 1. The SMILES string of the molecule is CCN1C(=O)c2cccc3c(S(=O)(=O)Nc4ccc(O)cc4)ccc1c23. The second-order valence-electron chi connectivity index (χ2n) is 6.01. The maximum Gasteiger partial charge on any atom is 0.262 e. The largest absolute Gasteiger partial charge is 0.508 e. The van der Waals surface area contributed by atoms with Gasteiger partial charge in [-0.15, -0.1) is 0 Å². The molecule has 7 heteroatoms. The summed E-state index contributed by atoms with van der Waals surface area (Å²) in [5.41, 5.74) is 1.59. The van der Waals surface area contributed by atoms with E-state index in [1.165, 1.54) is 30.3 Å². The van der Waals surface area contributed by atoms with Crippen molar-refractivity contribution in [3.63, 3.8) is 0 Å². The van der Waals surface area contributed by atoms with E-state index >= 15 is 0 Å². The van der Waals surface area contributed by atoms with Gasteiger partial charge in [-0.2, -0.15) is 0 Å². The Kier molecular flexibility index (Phi) is 3.62. The van der Waals surface area contributed by atoms with Crippen molar-refractivity contribution in [1.29, 1.82) is 0 Å². The molecule has 3 aromatic rings. The molecule has 1 amide bonds. The second-order valence-corrected chi connectivity index (χ2v) is 7.66. The van der Waals surface area contributed by atoms with Gasteiger partial charge in [-0.3, -0.25) is 9.52 Å². The molecule has 1 aliphatic heterocycles. The Morgan fingerprint density at radius 2 is 1.77 bits per heavy atom. The van der Waals surface area contributed by atoms with Crippen LogP contribution in [0.2, 0.25) is 0 Å². The zero-order chi connectivity index (χ0) is 18.5. The first-order valence-electron chi connectivity index (χ1n) is 8.12. The summed E-state index contributed by atoms with van der Waals surface area (Å²) in [4.78, 5) is 14.3. The van der Waals surface area contributed by atoms with Crippen LogP contribution in [-0.4, -0.2) is 26.0 Å². The number of sulfonamides is 1. The predicted molar refractivity (Wildman–Crippen MR) is 100 cm³/mol. The highest BCUT2D eigenvalue weighted by Gasteiger charge is 2.31. The molecule has 2 N–H and O–H groups in total. The molecule has 26 heavy (non-hydrogen) atoms. The van der Waals surface area contributed by atoms with Crippen LogP contribution in [0.25, 0.3) is 10.8 Å². The van der Waals surface area contributed by atoms with Gasteiger partial charge in [0, 0.05) is 28.6 Å². The van der Waals surface area contributed by atoms with E-state index in [4.69, 9.17) is 0 Å². The van der Waals surface area contributed by atoms with E-state index in [2.05, 4.69) is 4.72 Å². The molecule has 0 atom stereocenters. The van der Waals surface area contributed by atoms with Gasteiger partial charge in [0.05, 0.1) is 10.6 Å². The Labute approximate surface area is 150 Å². The van der Waals surface area contributed by atoms with E-state index < -0.39 is 10.0 Å². The van der Waals surface area contributed by atoms with Crippen molar-refractivity contribution in [2.24, 2.45) is 0 Å². The Morgan fingerprint density at radius 3 is 2.46 bits per heavy atom. The molecule has 0 spiro atoms. The number of anilines is 2. The number of hydrogen-bond acceptors (Lipinski definition) is 4. The van der Waals surface area contributed by atoms with Gasteiger partial charge in [0.1, 0.15) is 5.75 Å². The molecule has 6 nitrogen and oxygen atoms in total. The number of carbonyl (C=O) groups is 1. The number of hydrogen-bond donors (Lipinski definition) is 2. The van der Waals surface area contributed by atoms with Gasteiger partial charge in [0.15, 0.2) is 0 Å². The monoisotopic (exact) mass is 368 g/mol. The summed E-state index contributed by atoms with van der Waals surface area (Å²) >= 11 is 0. The lowest BCUT2D eigenvalue weighted by molar-refractivity contribution is 0.0994. The van der Waals surface area contributed by atoms with Gasteiger partial charge in [-0.05, 0) is 49.4 Å². The van der Waals surface area contributed by atoms with Gasteiger partial charge in [-0.1, -0.05) is 12.1 Å². The minimum atomic E-state index is -3.86. The van der Waals surface area contributed by atoms with Crippen LogP contribution in [0.5, 0.6) is 5.75 Å². The summed E-state index contributed by atoms with van der Waals surface area (Å²) in [6.07, 6.45) is 0. The highest BCUT2D eigenvalue weighted by molar-refractivity contribution is 7.93. The van der Waals surface area contributed by atoms with Crippen LogP contribution in [0.1, 0.15) is 17.3 Å². The Morgan fingerprint density at radius 1 is 1.04 bits per heavy atom. The third kappa shape index (κ3) is 2.40. The van der Waals surface area contributed by atoms with E-state index in [9.17, 15) is 18.3 Å². The molecule has 0 saturated heterocycles. The summed E-state index contributed by atoms with van der Waals surface area (Å²) in [5, 5.41) is 10.5. The summed E-state index contributed by atoms with van der Waals surface area (Å²) in [6, 6.07) is 14.1. The first kappa shape index (κ1) is 16.4. The number of carbonyl (C=O) groups excluding carboxylic acids is 1. The molecule has 4 rings (SSSR count). The van der Waals surface area contributed by atoms with Crippen molar-refractivity contribution in [2.45, 2.75) is 11.8 Å². The lowest BCUT2D eigenvalue weighted by Crippen LogP contribution is -2.25. The van der Waals surface area contributed by atoms with E-state index in [1.807, 2.05) is 6.92 Å². The predicted octanol–water partition coefficient (Wildman–Crippen LogP) is 3.33. The third-order valence-corrected chi connectivity index (χ3v) is 5.91. The number of phenolic OH excluding ortho intramolecular Hbond substituents is 1. The second kappa shape index (κ2) is 5.74. The quantitative estimate of drug-likeness (QED) is 0.692. The molecule has 0 radical (unpaired) electrons. The average molecular weight is 368 g/mol. The molecule has 1 aliphatic rings. The molecule has 0 aromatic heterocycles. The van der Waals surface area contributed by atoms with Crippen molar-refractivity contribution in [3.8, 4) is 5.75 Å². The van der Waals surface area contributed by atoms with Crippen molar-refractivity contribution in [2.75, 3.05) is 16.2 Å². The third-order valence-electron chi connectivity index (χ3n) is 4.47. The van der Waals surface area contributed by atoms with Gasteiger partial charge in [0.2, 0.25) is 0 Å². The Hall–Kier alpha value is -3.06. The van der Waals surface area contributed by atoms with Crippen LogP contribution in [0, 0.1) is 0 Å². The molecule has 0 aliphatic carbocycles. The van der Waals surface area contributed by atoms with Gasteiger partial charge >= 0.3 is 0 Å². The van der Waals surface area contributed by atoms with E-state index in [0.717, 1.165) is 5.69 Å². The molecular weight excluding hydrogens is 352 g/mol. The van der Waals surface area contributed by atoms with E-state index in [0.29, 0.717) is 28.6 Å². The fourth-order valence-corrected chi connectivity index (χ4v) is 4.57. The molecule has 3 aromatic carbocycles. The van der Waals surface area contributed by atoms with Crippen molar-refractivity contribution in [3.05, 3.63) is 60.2 Å². The Balaban J connectivity index is 1.87. The maximum atomic E-state index is 12.9. The average Bonchev–Trinajstić information content (AvgIpc) is 2.90. The zero-order valence-corrected chi connectivity index (χ0v) is 14.7. The molecular formula is C19H16N2O4S. The molecule has 132 valence electrons. The fourth-order valence-electron chi connectivity index (χ4n) is 3.31. The zero-order valence-electron chi connectivity index (χ0n) is 13.9. The van der Waals surface area contributed by atoms with Crippen LogP contribution < -0.4 is 9.62 Å². The van der Waals surface area contributed by atoms with Gasteiger partial charge in [0.25, 0.3) is 15.9 Å². The van der Waals surface area contributed by atoms with Crippen molar-refractivity contribution < 1.29 is 18.3 Å². The minimum Gasteiger partial charge on any atom is -0.508 e. The molecule has 0 fully saturated rings. The minimum absolute atomic E-state index is 0.0523. The van der Waals surface area contributed by atoms with Crippen molar-refractivity contribution >= 4 is 38.1 Å². The lowest BCUT2D eigenvalue weighted by atomic mass is 10.1. The first-order chi connectivity index (χ1) is 12.4. The van der Waals surface area contributed by atoms with Crippen LogP contribution in [0.4, 0.5) is 11.4 Å². The summed E-state index contributed by atoms with van der Waals surface area (Å²) in [5.74, 6) is -0.0643. The van der Waals surface area contributed by atoms with Crippen LogP contribution in [0.15, 0.2) is 59.5 Å². The number of nitrogens with one attached hydrogen (secondary N) is 1. The smallest absolute Gasteiger partial charge is 0.262 e. The van der Waals surface area contributed by atoms with Crippen LogP contribution in [0.3, 0.4) is 0 Å². The number of benzene rings is 3. The summed E-state index contributed by atoms with van der Waals surface area (Å²) in [6.45, 7) is 2.40. The van der Waals surface area contributed by atoms with Crippen molar-refractivity contribution in [1.82, 2.24) is 0 Å².